The number of nitrogens with one attached hydrogen (secondary N) is 1. The molecule has 1 heterocycles. The summed E-state index contributed by atoms with van der Waals surface area (Å²) in [5.74, 6) is 0.455. The summed E-state index contributed by atoms with van der Waals surface area (Å²) in [5.41, 5.74) is -0.0236. The fraction of sp³-hybridized carbons (Fsp3) is 0.545. The fourth-order valence-electron chi connectivity index (χ4n) is 1.73. The quantitative estimate of drug-likeness (QED) is 0.792. The Balaban J connectivity index is 1.78. The molecule has 0 amide bonds. The summed E-state index contributed by atoms with van der Waals surface area (Å²) in [5, 5.41) is 19.2. The van der Waals surface area contributed by atoms with E-state index in [1.807, 2.05) is 0 Å². The molecule has 1 aliphatic rings. The van der Waals surface area contributed by atoms with Gasteiger partial charge in [-0.15, -0.1) is 10.2 Å². The van der Waals surface area contributed by atoms with Gasteiger partial charge in [0.25, 0.3) is 0 Å². The third-order valence-electron chi connectivity index (χ3n) is 2.97. The second kappa shape index (κ2) is 4.92. The van der Waals surface area contributed by atoms with E-state index in [4.69, 9.17) is 5.11 Å². The lowest BCUT2D eigenvalue weighted by molar-refractivity contribution is 0.0689. The molecular formula is C11H15N3O2. The topological polar surface area (TPSA) is 75.1 Å². The third kappa shape index (κ3) is 2.68. The lowest BCUT2D eigenvalue weighted by Gasteiger charge is -2.25. The van der Waals surface area contributed by atoms with Crippen LogP contribution in [0.1, 0.15) is 36.2 Å². The second-order valence-electron chi connectivity index (χ2n) is 4.12. The summed E-state index contributed by atoms with van der Waals surface area (Å²) < 4.78 is 0. The smallest absolute Gasteiger partial charge is 0.356 e. The van der Waals surface area contributed by atoms with Crippen molar-refractivity contribution in [1.29, 1.82) is 0 Å². The molecule has 0 saturated heterocycles. The average Bonchev–Trinajstić information content (AvgIpc) is 2.22. The summed E-state index contributed by atoms with van der Waals surface area (Å²) in [6.07, 6.45) is 5.19. The minimum atomic E-state index is -1.05. The van der Waals surface area contributed by atoms with Crippen LogP contribution in [-0.2, 0) is 0 Å². The Hall–Kier alpha value is -1.65. The molecule has 1 saturated carbocycles. The minimum Gasteiger partial charge on any atom is -0.476 e. The van der Waals surface area contributed by atoms with Crippen LogP contribution in [0.25, 0.3) is 0 Å². The van der Waals surface area contributed by atoms with Crippen LogP contribution >= 0.6 is 0 Å². The van der Waals surface area contributed by atoms with Gasteiger partial charge in [0.1, 0.15) is 5.82 Å². The number of aromatic nitrogens is 2. The Labute approximate surface area is 93.9 Å². The molecule has 0 atom stereocenters. The van der Waals surface area contributed by atoms with Crippen molar-refractivity contribution in [2.24, 2.45) is 5.92 Å². The van der Waals surface area contributed by atoms with Crippen molar-refractivity contribution in [2.45, 2.75) is 25.7 Å². The molecule has 1 aromatic rings. The number of hydrogen-bond donors (Lipinski definition) is 2. The molecule has 0 aromatic carbocycles. The number of aromatic carboxylic acids is 1. The first-order valence-electron chi connectivity index (χ1n) is 5.56. The lowest BCUT2D eigenvalue weighted by Crippen LogP contribution is -2.16. The van der Waals surface area contributed by atoms with Crippen molar-refractivity contribution < 1.29 is 9.90 Å². The van der Waals surface area contributed by atoms with Crippen molar-refractivity contribution in [1.82, 2.24) is 10.2 Å². The normalized spacial score (nSPS) is 15.5. The van der Waals surface area contributed by atoms with Gasteiger partial charge in [0.05, 0.1) is 0 Å². The fourth-order valence-corrected chi connectivity index (χ4v) is 1.73. The predicted octanol–water partition coefficient (Wildman–Crippen LogP) is 1.78. The first kappa shape index (κ1) is 10.9. The molecule has 0 radical (unpaired) electrons. The molecule has 2 rings (SSSR count). The number of rotatable bonds is 5. The number of carboxylic acids is 1. The van der Waals surface area contributed by atoms with E-state index < -0.39 is 5.97 Å². The van der Waals surface area contributed by atoms with Gasteiger partial charge in [0.2, 0.25) is 0 Å². The Morgan fingerprint density at radius 1 is 1.44 bits per heavy atom. The molecule has 0 aliphatic heterocycles. The van der Waals surface area contributed by atoms with E-state index in [0.717, 1.165) is 18.9 Å². The summed E-state index contributed by atoms with van der Waals surface area (Å²) in [4.78, 5) is 10.5. The zero-order valence-corrected chi connectivity index (χ0v) is 9.02. The average molecular weight is 221 g/mol. The molecule has 1 fully saturated rings. The van der Waals surface area contributed by atoms with Crippen LogP contribution in [0, 0.1) is 5.92 Å². The van der Waals surface area contributed by atoms with Crippen LogP contribution in [0.2, 0.25) is 0 Å². The summed E-state index contributed by atoms with van der Waals surface area (Å²) in [6, 6.07) is 3.11. The number of carbonyl (C=O) groups is 1. The monoisotopic (exact) mass is 221 g/mol. The van der Waals surface area contributed by atoms with Crippen LogP contribution in [0.5, 0.6) is 0 Å². The van der Waals surface area contributed by atoms with E-state index >= 15 is 0 Å². The largest absolute Gasteiger partial charge is 0.476 e. The number of anilines is 1. The van der Waals surface area contributed by atoms with Gasteiger partial charge in [0, 0.05) is 6.54 Å². The van der Waals surface area contributed by atoms with Crippen LogP contribution in [0.15, 0.2) is 12.1 Å². The molecule has 5 nitrogen and oxygen atoms in total. The van der Waals surface area contributed by atoms with Gasteiger partial charge in [0.15, 0.2) is 5.69 Å². The Morgan fingerprint density at radius 3 is 2.75 bits per heavy atom. The molecule has 86 valence electrons. The lowest BCUT2D eigenvalue weighted by atomic mass is 9.83. The summed E-state index contributed by atoms with van der Waals surface area (Å²) in [7, 11) is 0. The molecular weight excluding hydrogens is 206 g/mol. The first-order valence-corrected chi connectivity index (χ1v) is 5.56. The van der Waals surface area contributed by atoms with Crippen molar-refractivity contribution in [2.75, 3.05) is 11.9 Å². The number of carboxylic acid groups (broad SMARTS) is 1. The van der Waals surface area contributed by atoms with Crippen molar-refractivity contribution in [3.63, 3.8) is 0 Å². The van der Waals surface area contributed by atoms with Crippen LogP contribution in [0.4, 0.5) is 5.82 Å². The Bertz CT molecular complexity index is 360. The van der Waals surface area contributed by atoms with Crippen molar-refractivity contribution >= 4 is 11.8 Å². The van der Waals surface area contributed by atoms with Gasteiger partial charge in [-0.25, -0.2) is 4.79 Å². The zero-order valence-electron chi connectivity index (χ0n) is 9.02. The van der Waals surface area contributed by atoms with E-state index in [0.29, 0.717) is 5.82 Å². The van der Waals surface area contributed by atoms with Gasteiger partial charge >= 0.3 is 5.97 Å². The zero-order chi connectivity index (χ0) is 11.4. The highest BCUT2D eigenvalue weighted by Crippen LogP contribution is 2.28. The second-order valence-corrected chi connectivity index (χ2v) is 4.12. The van der Waals surface area contributed by atoms with E-state index in [-0.39, 0.29) is 5.69 Å². The van der Waals surface area contributed by atoms with E-state index in [9.17, 15) is 4.79 Å². The van der Waals surface area contributed by atoms with Gasteiger partial charge in [-0.3, -0.25) is 0 Å². The Kier molecular flexibility index (Phi) is 3.34. The molecule has 1 aromatic heterocycles. The predicted molar refractivity (Wildman–Crippen MR) is 59.4 cm³/mol. The maximum absolute atomic E-state index is 10.5. The van der Waals surface area contributed by atoms with Crippen LogP contribution in [-0.4, -0.2) is 27.8 Å². The van der Waals surface area contributed by atoms with Crippen molar-refractivity contribution in [3.05, 3.63) is 17.8 Å². The Morgan fingerprint density at radius 2 is 2.25 bits per heavy atom. The van der Waals surface area contributed by atoms with Gasteiger partial charge in [-0.05, 0) is 24.5 Å². The molecule has 0 spiro atoms. The molecule has 16 heavy (non-hydrogen) atoms. The first-order chi connectivity index (χ1) is 7.75. The maximum Gasteiger partial charge on any atom is 0.356 e. The van der Waals surface area contributed by atoms with Crippen molar-refractivity contribution in [3.8, 4) is 0 Å². The highest BCUT2D eigenvalue weighted by molar-refractivity contribution is 5.85. The molecule has 0 bridgehead atoms. The SMILES string of the molecule is O=C(O)c1ccc(NCCC2CCC2)nn1. The maximum atomic E-state index is 10.5. The van der Waals surface area contributed by atoms with E-state index in [2.05, 4.69) is 15.5 Å². The van der Waals surface area contributed by atoms with E-state index in [1.54, 1.807) is 6.07 Å². The summed E-state index contributed by atoms with van der Waals surface area (Å²) >= 11 is 0. The number of nitrogens with zero attached hydrogens (tertiary/aromatic N) is 2. The minimum absolute atomic E-state index is 0.0236. The van der Waals surface area contributed by atoms with Gasteiger partial charge in [-0.2, -0.15) is 0 Å². The van der Waals surface area contributed by atoms with E-state index in [1.165, 1.54) is 25.3 Å². The third-order valence-corrected chi connectivity index (χ3v) is 2.97. The van der Waals surface area contributed by atoms with Crippen LogP contribution < -0.4 is 5.32 Å². The highest BCUT2D eigenvalue weighted by Gasteiger charge is 2.16. The molecule has 0 unspecified atom stereocenters. The summed E-state index contributed by atoms with van der Waals surface area (Å²) in [6.45, 7) is 0.881. The molecule has 2 N–H and O–H groups in total. The molecule has 5 heteroatoms. The standard InChI is InChI=1S/C11H15N3O2/c15-11(16)9-4-5-10(14-13-9)12-7-6-8-2-1-3-8/h4-5,8H,1-3,6-7H2,(H,12,14)(H,15,16). The molecule has 1 aliphatic carbocycles. The van der Waals surface area contributed by atoms with Gasteiger partial charge in [-0.1, -0.05) is 19.3 Å². The highest BCUT2D eigenvalue weighted by atomic mass is 16.4. The van der Waals surface area contributed by atoms with Crippen LogP contribution in [0.3, 0.4) is 0 Å². The van der Waals surface area contributed by atoms with Gasteiger partial charge < -0.3 is 10.4 Å². The number of hydrogen-bond acceptors (Lipinski definition) is 4.